The Hall–Kier alpha value is -2.34. The number of para-hydroxylation sites is 1. The molecule has 0 radical (unpaired) electrons. The van der Waals surface area contributed by atoms with Crippen LogP contribution in [0.15, 0.2) is 34.0 Å². The van der Waals surface area contributed by atoms with Crippen LogP contribution in [0.25, 0.3) is 0 Å². The van der Waals surface area contributed by atoms with Gasteiger partial charge < -0.3 is 4.74 Å². The lowest BCUT2D eigenvalue weighted by Gasteiger charge is -2.11. The highest BCUT2D eigenvalue weighted by atomic mass is 32.2. The van der Waals surface area contributed by atoms with Crippen LogP contribution in [0.4, 0.5) is 13.2 Å². The van der Waals surface area contributed by atoms with E-state index in [2.05, 4.69) is 9.82 Å². The molecule has 0 aliphatic rings. The van der Waals surface area contributed by atoms with Gasteiger partial charge in [0.1, 0.15) is 10.6 Å². The second kappa shape index (κ2) is 7.50. The van der Waals surface area contributed by atoms with Gasteiger partial charge >= 0.3 is 11.9 Å². The summed E-state index contributed by atoms with van der Waals surface area (Å²) in [6.45, 7) is 1.27. The molecule has 26 heavy (non-hydrogen) atoms. The minimum absolute atomic E-state index is 0.105. The molecule has 0 saturated heterocycles. The van der Waals surface area contributed by atoms with E-state index >= 15 is 0 Å². The van der Waals surface area contributed by atoms with Crippen LogP contribution in [0.3, 0.4) is 0 Å². The van der Waals surface area contributed by atoms with E-state index in [1.54, 1.807) is 13.0 Å². The molecule has 1 aromatic carbocycles. The lowest BCUT2D eigenvalue weighted by Crippen LogP contribution is -2.32. The Kier molecular flexibility index (Phi) is 5.76. The van der Waals surface area contributed by atoms with Crippen molar-refractivity contribution in [2.75, 3.05) is 13.2 Å². The first kappa shape index (κ1) is 20.0. The average Bonchev–Trinajstić information content (AvgIpc) is 2.84. The molecule has 0 aliphatic heterocycles. The molecule has 0 fully saturated rings. The fourth-order valence-corrected chi connectivity index (χ4v) is 3.36. The molecule has 144 valence electrons. The van der Waals surface area contributed by atoms with Crippen LogP contribution in [0.1, 0.15) is 12.7 Å². The van der Waals surface area contributed by atoms with Crippen LogP contribution in [0.5, 0.6) is 5.75 Å². The monoisotopic (exact) mass is 394 g/mol. The first-order valence-electron chi connectivity index (χ1n) is 7.50. The molecule has 2 aromatic rings. The minimum Gasteiger partial charge on any atom is -0.492 e. The fourth-order valence-electron chi connectivity index (χ4n) is 2.19. The van der Waals surface area contributed by atoms with Crippen LogP contribution < -0.4 is 15.1 Å². The van der Waals surface area contributed by atoms with E-state index in [4.69, 9.17) is 4.74 Å². The molecule has 0 unspecified atom stereocenters. The topological polar surface area (TPSA) is 95.2 Å². The van der Waals surface area contributed by atoms with Crippen LogP contribution in [0.2, 0.25) is 0 Å². The molecule has 0 amide bonds. The van der Waals surface area contributed by atoms with Gasteiger partial charge in [-0.05, 0) is 19.1 Å². The van der Waals surface area contributed by atoms with Crippen molar-refractivity contribution in [2.45, 2.75) is 24.5 Å². The SMILES string of the molecule is CCOc1ccccc1S(=O)(=O)NCCn1nc(C(F)(F)F)n(C)c1=O. The number of halogens is 3. The fraction of sp³-hybridized carbons (Fsp3) is 0.429. The van der Waals surface area contributed by atoms with Gasteiger partial charge in [-0.15, -0.1) is 5.10 Å². The minimum atomic E-state index is -4.78. The molecule has 1 heterocycles. The van der Waals surface area contributed by atoms with Crippen molar-refractivity contribution >= 4 is 10.0 Å². The summed E-state index contributed by atoms with van der Waals surface area (Å²) in [4.78, 5) is 11.7. The molecule has 0 aliphatic carbocycles. The quantitative estimate of drug-likeness (QED) is 0.755. The molecule has 0 spiro atoms. The van der Waals surface area contributed by atoms with Gasteiger partial charge in [-0.1, -0.05) is 12.1 Å². The standard InChI is InChI=1S/C14H17F3N4O4S/c1-3-25-10-6-4-5-7-11(10)26(23,24)18-8-9-21-13(22)20(2)12(19-21)14(15,16)17/h4-7,18H,3,8-9H2,1-2H3. The van der Waals surface area contributed by atoms with Gasteiger partial charge in [0.15, 0.2) is 0 Å². The Morgan fingerprint density at radius 3 is 2.50 bits per heavy atom. The number of hydrogen-bond donors (Lipinski definition) is 1. The number of aromatic nitrogens is 3. The number of rotatable bonds is 7. The Balaban J connectivity index is 2.14. The normalized spacial score (nSPS) is 12.3. The summed E-state index contributed by atoms with van der Waals surface area (Å²) >= 11 is 0. The Labute approximate surface area is 147 Å². The summed E-state index contributed by atoms with van der Waals surface area (Å²) in [5, 5.41) is 3.20. The maximum atomic E-state index is 12.7. The number of benzene rings is 1. The zero-order chi connectivity index (χ0) is 19.5. The zero-order valence-electron chi connectivity index (χ0n) is 13.9. The summed E-state index contributed by atoms with van der Waals surface area (Å²) in [5.41, 5.74) is -0.994. The first-order chi connectivity index (χ1) is 12.1. The summed E-state index contributed by atoms with van der Waals surface area (Å²) < 4.78 is 71.3. The molecule has 0 saturated carbocycles. The number of sulfonamides is 1. The lowest BCUT2D eigenvalue weighted by molar-refractivity contribution is -0.147. The maximum absolute atomic E-state index is 12.7. The third kappa shape index (κ3) is 4.25. The van der Waals surface area contributed by atoms with Crippen molar-refractivity contribution in [1.29, 1.82) is 0 Å². The van der Waals surface area contributed by atoms with E-state index in [9.17, 15) is 26.4 Å². The number of nitrogens with zero attached hydrogens (tertiary/aromatic N) is 3. The van der Waals surface area contributed by atoms with Crippen LogP contribution in [-0.2, 0) is 29.8 Å². The summed E-state index contributed by atoms with van der Waals surface area (Å²) in [6.07, 6.45) is -4.78. The number of hydrogen-bond acceptors (Lipinski definition) is 5. The van der Waals surface area contributed by atoms with Crippen LogP contribution >= 0.6 is 0 Å². The molecule has 1 aromatic heterocycles. The Morgan fingerprint density at radius 1 is 1.27 bits per heavy atom. The van der Waals surface area contributed by atoms with Crippen LogP contribution in [-0.4, -0.2) is 35.9 Å². The number of alkyl halides is 3. The third-order valence-corrected chi connectivity index (χ3v) is 4.85. The van der Waals surface area contributed by atoms with E-state index < -0.39 is 27.7 Å². The Bertz CT molecular complexity index is 934. The highest BCUT2D eigenvalue weighted by Crippen LogP contribution is 2.26. The van der Waals surface area contributed by atoms with Gasteiger partial charge in [0.2, 0.25) is 15.8 Å². The predicted molar refractivity (Wildman–Crippen MR) is 85.3 cm³/mol. The van der Waals surface area contributed by atoms with E-state index in [-0.39, 0.29) is 30.3 Å². The van der Waals surface area contributed by atoms with Crippen molar-refractivity contribution in [2.24, 2.45) is 7.05 Å². The van der Waals surface area contributed by atoms with E-state index in [0.29, 0.717) is 9.25 Å². The molecule has 0 bridgehead atoms. The predicted octanol–water partition coefficient (Wildman–Crippen LogP) is 0.978. The highest BCUT2D eigenvalue weighted by Gasteiger charge is 2.38. The average molecular weight is 394 g/mol. The highest BCUT2D eigenvalue weighted by molar-refractivity contribution is 7.89. The summed E-state index contributed by atoms with van der Waals surface area (Å²) in [5.74, 6) is -1.20. The number of nitrogens with one attached hydrogen (secondary N) is 1. The van der Waals surface area contributed by atoms with Gasteiger partial charge in [-0.2, -0.15) is 13.2 Å². The number of ether oxygens (including phenoxy) is 1. The van der Waals surface area contributed by atoms with Gasteiger partial charge in [0.05, 0.1) is 13.2 Å². The van der Waals surface area contributed by atoms with Crippen molar-refractivity contribution in [3.63, 3.8) is 0 Å². The van der Waals surface area contributed by atoms with Crippen LogP contribution in [0, 0.1) is 0 Å². The smallest absolute Gasteiger partial charge is 0.451 e. The molecule has 0 atom stereocenters. The van der Waals surface area contributed by atoms with Gasteiger partial charge in [-0.25, -0.2) is 22.6 Å². The molecule has 2 rings (SSSR count). The Morgan fingerprint density at radius 2 is 1.92 bits per heavy atom. The van der Waals surface area contributed by atoms with Gasteiger partial charge in [-0.3, -0.25) is 4.57 Å². The van der Waals surface area contributed by atoms with Crippen molar-refractivity contribution in [3.8, 4) is 5.75 Å². The molecular weight excluding hydrogens is 377 g/mol. The van der Waals surface area contributed by atoms with Crippen molar-refractivity contribution in [1.82, 2.24) is 19.1 Å². The van der Waals surface area contributed by atoms with Gasteiger partial charge in [0.25, 0.3) is 0 Å². The second-order valence-corrected chi connectivity index (χ2v) is 6.90. The largest absolute Gasteiger partial charge is 0.492 e. The lowest BCUT2D eigenvalue weighted by atomic mass is 10.3. The second-order valence-electron chi connectivity index (χ2n) is 5.16. The molecule has 1 N–H and O–H groups in total. The maximum Gasteiger partial charge on any atom is 0.451 e. The van der Waals surface area contributed by atoms with E-state index in [1.807, 2.05) is 0 Å². The molecular formula is C14H17F3N4O4S. The van der Waals surface area contributed by atoms with E-state index in [1.165, 1.54) is 18.2 Å². The molecule has 8 nitrogen and oxygen atoms in total. The zero-order valence-corrected chi connectivity index (χ0v) is 14.8. The summed E-state index contributed by atoms with van der Waals surface area (Å²) in [7, 11) is -3.03. The summed E-state index contributed by atoms with van der Waals surface area (Å²) in [6, 6.07) is 5.94. The van der Waals surface area contributed by atoms with Crippen molar-refractivity contribution < 1.29 is 26.3 Å². The van der Waals surface area contributed by atoms with Crippen molar-refractivity contribution in [3.05, 3.63) is 40.6 Å². The molecule has 12 heteroatoms. The van der Waals surface area contributed by atoms with Gasteiger partial charge in [0, 0.05) is 13.6 Å². The van der Waals surface area contributed by atoms with E-state index in [0.717, 1.165) is 7.05 Å². The first-order valence-corrected chi connectivity index (χ1v) is 8.98. The third-order valence-electron chi connectivity index (χ3n) is 3.35.